The number of Topliss-reactive ketones (excluding diaryl/α,β-unsaturated/α-hetero) is 1. The molecule has 2 aliphatic carbocycles. The Labute approximate surface area is 219 Å². The van der Waals surface area contributed by atoms with Gasteiger partial charge >= 0.3 is 0 Å². The van der Waals surface area contributed by atoms with Gasteiger partial charge in [0.1, 0.15) is 17.5 Å². The first kappa shape index (κ1) is 26.6. The number of nitrogens with zero attached hydrogens (tertiary/aromatic N) is 3. The van der Waals surface area contributed by atoms with Crippen molar-refractivity contribution < 1.29 is 14.6 Å². The molecular weight excluding hydrogens is 474 g/mol. The molecule has 2 fully saturated rings. The molecule has 2 aromatic rings. The van der Waals surface area contributed by atoms with E-state index in [1.807, 2.05) is 12.1 Å². The van der Waals surface area contributed by atoms with E-state index in [9.17, 15) is 9.90 Å². The van der Waals surface area contributed by atoms with Crippen molar-refractivity contribution >= 4 is 17.4 Å². The molecule has 1 aromatic carbocycles. The van der Waals surface area contributed by atoms with Crippen molar-refractivity contribution in [3.05, 3.63) is 52.3 Å². The summed E-state index contributed by atoms with van der Waals surface area (Å²) in [7, 11) is 0. The minimum atomic E-state index is 0.0658. The number of ether oxygens (including phenoxy) is 1. The van der Waals surface area contributed by atoms with E-state index in [0.717, 1.165) is 57.1 Å². The molecule has 2 aliphatic rings. The zero-order valence-electron chi connectivity index (χ0n) is 20.9. The minimum Gasteiger partial charge on any atom is -0.490 e. The number of ketones is 1. The molecule has 0 spiro atoms. The number of halogens is 1. The molecule has 0 radical (unpaired) electrons. The van der Waals surface area contributed by atoms with Crippen LogP contribution in [0.1, 0.15) is 92.4 Å². The zero-order valence-corrected chi connectivity index (χ0v) is 21.6. The van der Waals surface area contributed by atoms with Crippen LogP contribution in [0.25, 0.3) is 0 Å². The van der Waals surface area contributed by atoms with E-state index in [2.05, 4.69) is 16.3 Å². The van der Waals surface area contributed by atoms with Crippen LogP contribution in [-0.4, -0.2) is 33.8 Å². The number of carbonyl (C=O) groups excluding carboxylic acids is 1. The second-order valence-corrected chi connectivity index (χ2v) is 10.9. The molecule has 0 amide bonds. The van der Waals surface area contributed by atoms with Gasteiger partial charge in [-0.1, -0.05) is 30.9 Å². The van der Waals surface area contributed by atoms with Gasteiger partial charge in [0, 0.05) is 19.1 Å². The Hall–Kier alpha value is -2.49. The first-order valence-corrected chi connectivity index (χ1v) is 13.7. The summed E-state index contributed by atoms with van der Waals surface area (Å²) in [6, 6.07) is 11.0. The summed E-state index contributed by atoms with van der Waals surface area (Å²) < 4.78 is 6.06. The van der Waals surface area contributed by atoms with Crippen LogP contribution < -0.4 is 4.74 Å². The molecule has 0 saturated heterocycles. The molecule has 1 aromatic heterocycles. The highest BCUT2D eigenvalue weighted by Crippen LogP contribution is 2.32. The second kappa shape index (κ2) is 13.2. The number of carbonyl (C=O) groups is 1. The lowest BCUT2D eigenvalue weighted by Crippen LogP contribution is -2.25. The quantitative estimate of drug-likeness (QED) is 0.313. The maximum absolute atomic E-state index is 12.8. The van der Waals surface area contributed by atoms with Crippen LogP contribution in [0, 0.1) is 29.1 Å². The molecule has 0 aliphatic heterocycles. The second-order valence-electron chi connectivity index (χ2n) is 10.5. The van der Waals surface area contributed by atoms with Crippen molar-refractivity contribution in [3.63, 3.8) is 0 Å². The predicted molar refractivity (Wildman–Crippen MR) is 139 cm³/mol. The highest BCUT2D eigenvalue weighted by atomic mass is 35.5. The molecule has 6 nitrogen and oxygen atoms in total. The number of aryl methyl sites for hydroxylation is 1. The third kappa shape index (κ3) is 7.51. The van der Waals surface area contributed by atoms with Crippen molar-refractivity contribution in [1.82, 2.24) is 10.2 Å². The van der Waals surface area contributed by atoms with Crippen molar-refractivity contribution in [2.45, 2.75) is 83.2 Å². The SMILES string of the molecule is N#Cc1ccc(OC2CCC(CC(=O)c3ccc(CCC4CCCC(CO)CC4)nn3)CC2)cc1Cl. The predicted octanol–water partition coefficient (Wildman–Crippen LogP) is 6.33. The maximum Gasteiger partial charge on any atom is 0.183 e. The van der Waals surface area contributed by atoms with Gasteiger partial charge in [-0.3, -0.25) is 4.79 Å². The number of aliphatic hydroxyl groups is 1. The topological polar surface area (TPSA) is 96.1 Å². The average molecular weight is 510 g/mol. The number of hydrogen-bond donors (Lipinski definition) is 1. The van der Waals surface area contributed by atoms with Crippen LogP contribution >= 0.6 is 11.6 Å². The normalized spacial score (nSPS) is 24.5. The van der Waals surface area contributed by atoms with Crippen LogP contribution in [0.15, 0.2) is 30.3 Å². The van der Waals surface area contributed by atoms with E-state index in [4.69, 9.17) is 21.6 Å². The lowest BCUT2D eigenvalue weighted by Gasteiger charge is -2.28. The molecular formula is C29H36ClN3O3. The summed E-state index contributed by atoms with van der Waals surface area (Å²) in [5.74, 6) is 2.25. The molecule has 192 valence electrons. The Balaban J connectivity index is 1.19. The molecule has 36 heavy (non-hydrogen) atoms. The van der Waals surface area contributed by atoms with Crippen LogP contribution in [0.5, 0.6) is 5.75 Å². The highest BCUT2D eigenvalue weighted by molar-refractivity contribution is 6.31. The molecule has 1 heterocycles. The van der Waals surface area contributed by atoms with Crippen molar-refractivity contribution in [1.29, 1.82) is 5.26 Å². The molecule has 2 atom stereocenters. The van der Waals surface area contributed by atoms with Crippen LogP contribution in [0.2, 0.25) is 5.02 Å². The fourth-order valence-corrected chi connectivity index (χ4v) is 5.81. The van der Waals surface area contributed by atoms with E-state index in [0.29, 0.717) is 52.8 Å². The lowest BCUT2D eigenvalue weighted by molar-refractivity contribution is 0.0896. The van der Waals surface area contributed by atoms with Gasteiger partial charge in [-0.05, 0) is 93.4 Å². The Bertz CT molecular complexity index is 1040. The molecule has 2 saturated carbocycles. The highest BCUT2D eigenvalue weighted by Gasteiger charge is 2.25. The summed E-state index contributed by atoms with van der Waals surface area (Å²) in [5, 5.41) is 27.4. The molecule has 2 unspecified atom stereocenters. The Morgan fingerprint density at radius 3 is 2.44 bits per heavy atom. The Kier molecular flexibility index (Phi) is 9.72. The van der Waals surface area contributed by atoms with Gasteiger partial charge in [-0.2, -0.15) is 10.4 Å². The van der Waals surface area contributed by atoms with Gasteiger partial charge in [0.2, 0.25) is 0 Å². The largest absolute Gasteiger partial charge is 0.490 e. The van der Waals surface area contributed by atoms with E-state index < -0.39 is 0 Å². The number of benzene rings is 1. The van der Waals surface area contributed by atoms with Crippen LogP contribution in [0.4, 0.5) is 0 Å². The van der Waals surface area contributed by atoms with Crippen molar-refractivity contribution in [3.8, 4) is 11.8 Å². The average Bonchev–Trinajstić information content (AvgIpc) is 3.14. The summed E-state index contributed by atoms with van der Waals surface area (Å²) in [4.78, 5) is 12.8. The Morgan fingerprint density at radius 1 is 1.00 bits per heavy atom. The summed E-state index contributed by atoms with van der Waals surface area (Å²) in [6.07, 6.45) is 12.1. The molecule has 1 N–H and O–H groups in total. The van der Waals surface area contributed by atoms with Gasteiger partial charge in [-0.25, -0.2) is 0 Å². The smallest absolute Gasteiger partial charge is 0.183 e. The fourth-order valence-electron chi connectivity index (χ4n) is 5.59. The summed E-state index contributed by atoms with van der Waals surface area (Å²) in [6.45, 7) is 0.316. The number of hydrogen-bond acceptors (Lipinski definition) is 6. The van der Waals surface area contributed by atoms with E-state index in [-0.39, 0.29) is 11.9 Å². The third-order valence-corrected chi connectivity index (χ3v) is 8.22. The van der Waals surface area contributed by atoms with Gasteiger partial charge in [0.15, 0.2) is 5.78 Å². The Morgan fingerprint density at radius 2 is 1.75 bits per heavy atom. The van der Waals surface area contributed by atoms with E-state index in [1.165, 1.54) is 19.3 Å². The number of rotatable bonds is 9. The summed E-state index contributed by atoms with van der Waals surface area (Å²) in [5.41, 5.74) is 1.86. The lowest BCUT2D eigenvalue weighted by atomic mass is 9.84. The van der Waals surface area contributed by atoms with Gasteiger partial charge < -0.3 is 9.84 Å². The minimum absolute atomic E-state index is 0.0658. The molecule has 0 bridgehead atoms. The van der Waals surface area contributed by atoms with E-state index in [1.54, 1.807) is 18.2 Å². The monoisotopic (exact) mass is 509 g/mol. The van der Waals surface area contributed by atoms with Gasteiger partial charge in [0.25, 0.3) is 0 Å². The van der Waals surface area contributed by atoms with Gasteiger partial charge in [0.05, 0.1) is 22.4 Å². The van der Waals surface area contributed by atoms with Crippen LogP contribution in [0.3, 0.4) is 0 Å². The first-order chi connectivity index (χ1) is 17.5. The zero-order chi connectivity index (χ0) is 25.3. The summed E-state index contributed by atoms with van der Waals surface area (Å²) >= 11 is 6.11. The number of aromatic nitrogens is 2. The molecule has 4 rings (SSSR count). The fraction of sp³-hybridized carbons (Fsp3) is 0.586. The number of aliphatic hydroxyl groups excluding tert-OH is 1. The van der Waals surface area contributed by atoms with Crippen molar-refractivity contribution in [2.24, 2.45) is 17.8 Å². The number of nitriles is 1. The maximum atomic E-state index is 12.8. The molecule has 7 heteroatoms. The van der Waals surface area contributed by atoms with Crippen LogP contribution in [-0.2, 0) is 6.42 Å². The van der Waals surface area contributed by atoms with E-state index >= 15 is 0 Å². The van der Waals surface area contributed by atoms with Crippen molar-refractivity contribution in [2.75, 3.05) is 6.61 Å². The third-order valence-electron chi connectivity index (χ3n) is 7.91. The van der Waals surface area contributed by atoms with Gasteiger partial charge in [-0.15, -0.1) is 5.10 Å². The standard InChI is InChI=1S/C29H36ClN3O3/c30-27-17-26(14-9-23(27)18-31)36-25-12-7-21(8-13-25)16-29(35)28-15-11-24(32-33-28)10-6-20-2-1-3-22(19-34)5-4-20/h9,11,14-15,17,20-22,25,34H,1-8,10,12-13,16,19H2. The first-order valence-electron chi connectivity index (χ1n) is 13.4.